The lowest BCUT2D eigenvalue weighted by atomic mass is 10.4. The van der Waals surface area contributed by atoms with Crippen LogP contribution in [0.5, 0.6) is 0 Å². The van der Waals surface area contributed by atoms with E-state index in [-0.39, 0.29) is 11.3 Å². The molecule has 0 amide bonds. The summed E-state index contributed by atoms with van der Waals surface area (Å²) in [6.07, 6.45) is 2.92. The molecule has 0 rings (SSSR count). The van der Waals surface area contributed by atoms with Crippen molar-refractivity contribution in [3.8, 4) is 0 Å². The first-order valence-electron chi connectivity index (χ1n) is 3.15. The van der Waals surface area contributed by atoms with E-state index in [1.165, 1.54) is 6.08 Å². The van der Waals surface area contributed by atoms with Crippen LogP contribution < -0.4 is 0 Å². The Morgan fingerprint density at radius 2 is 2.40 bits per heavy atom. The molecule has 0 aromatic carbocycles. The standard InChI is InChI=1S/C7H11ClO2/c1-3-10-7(9)5-4-6(2)8/h4-6H,3H2,1-2H3. The molecule has 1 atom stereocenters. The van der Waals surface area contributed by atoms with Crippen molar-refractivity contribution in [3.05, 3.63) is 12.2 Å². The fourth-order valence-corrected chi connectivity index (χ4v) is 0.474. The first kappa shape index (κ1) is 9.50. The highest BCUT2D eigenvalue weighted by molar-refractivity contribution is 6.21. The third-order valence-electron chi connectivity index (χ3n) is 0.784. The van der Waals surface area contributed by atoms with Crippen molar-refractivity contribution in [1.29, 1.82) is 0 Å². The van der Waals surface area contributed by atoms with Crippen molar-refractivity contribution >= 4 is 17.6 Å². The van der Waals surface area contributed by atoms with Gasteiger partial charge in [0.25, 0.3) is 0 Å². The zero-order chi connectivity index (χ0) is 7.98. The maximum atomic E-state index is 10.6. The molecule has 2 nitrogen and oxygen atoms in total. The molecule has 0 saturated heterocycles. The van der Waals surface area contributed by atoms with Gasteiger partial charge in [-0.15, -0.1) is 11.6 Å². The van der Waals surface area contributed by atoms with Gasteiger partial charge in [-0.2, -0.15) is 0 Å². The number of rotatable bonds is 3. The molecule has 0 heterocycles. The summed E-state index contributed by atoms with van der Waals surface area (Å²) >= 11 is 5.53. The van der Waals surface area contributed by atoms with Gasteiger partial charge < -0.3 is 4.74 Å². The largest absolute Gasteiger partial charge is 0.463 e. The fraction of sp³-hybridized carbons (Fsp3) is 0.571. The Kier molecular flexibility index (Phi) is 5.03. The molecule has 1 unspecified atom stereocenters. The molecule has 3 heteroatoms. The van der Waals surface area contributed by atoms with Gasteiger partial charge in [0.1, 0.15) is 0 Å². The number of esters is 1. The van der Waals surface area contributed by atoms with Crippen molar-refractivity contribution in [2.45, 2.75) is 19.2 Å². The van der Waals surface area contributed by atoms with Crippen molar-refractivity contribution in [2.75, 3.05) is 6.61 Å². The molecular formula is C7H11ClO2. The van der Waals surface area contributed by atoms with Gasteiger partial charge >= 0.3 is 5.97 Å². The summed E-state index contributed by atoms with van der Waals surface area (Å²) in [7, 11) is 0. The Morgan fingerprint density at radius 1 is 1.80 bits per heavy atom. The SMILES string of the molecule is CCOC(=O)C=CC(C)Cl. The summed E-state index contributed by atoms with van der Waals surface area (Å²) in [4.78, 5) is 10.6. The first-order valence-corrected chi connectivity index (χ1v) is 3.59. The predicted octanol–water partition coefficient (Wildman–Crippen LogP) is 1.73. The number of carbonyl (C=O) groups excluding carboxylic acids is 1. The number of hydrogen-bond acceptors (Lipinski definition) is 2. The van der Waals surface area contributed by atoms with Crippen LogP contribution in [-0.2, 0) is 9.53 Å². The molecule has 0 aliphatic carbocycles. The minimum atomic E-state index is -0.338. The molecule has 0 fully saturated rings. The number of ether oxygens (including phenoxy) is 1. The van der Waals surface area contributed by atoms with Crippen LogP contribution in [0.4, 0.5) is 0 Å². The van der Waals surface area contributed by atoms with Crippen molar-refractivity contribution in [1.82, 2.24) is 0 Å². The molecule has 0 aliphatic heterocycles. The Bertz CT molecular complexity index is 130. The van der Waals surface area contributed by atoms with Gasteiger partial charge in [-0.05, 0) is 13.8 Å². The number of hydrogen-bond donors (Lipinski definition) is 0. The lowest BCUT2D eigenvalue weighted by Gasteiger charge is -1.94. The smallest absolute Gasteiger partial charge is 0.330 e. The molecule has 0 spiro atoms. The lowest BCUT2D eigenvalue weighted by molar-refractivity contribution is -0.137. The first-order chi connectivity index (χ1) is 4.66. The highest BCUT2D eigenvalue weighted by atomic mass is 35.5. The van der Waals surface area contributed by atoms with Gasteiger partial charge in [-0.3, -0.25) is 0 Å². The van der Waals surface area contributed by atoms with E-state index in [4.69, 9.17) is 11.6 Å². The van der Waals surface area contributed by atoms with E-state index in [2.05, 4.69) is 4.74 Å². The van der Waals surface area contributed by atoms with Crippen LogP contribution in [0.3, 0.4) is 0 Å². The monoisotopic (exact) mass is 162 g/mol. The van der Waals surface area contributed by atoms with Crippen LogP contribution in [0.25, 0.3) is 0 Å². The molecular weight excluding hydrogens is 152 g/mol. The summed E-state index contributed by atoms with van der Waals surface area (Å²) in [5.41, 5.74) is 0. The molecule has 0 aliphatic rings. The summed E-state index contributed by atoms with van der Waals surface area (Å²) in [6, 6.07) is 0. The second kappa shape index (κ2) is 5.30. The van der Waals surface area contributed by atoms with Gasteiger partial charge in [-0.1, -0.05) is 6.08 Å². The summed E-state index contributed by atoms with van der Waals surface area (Å²) in [6.45, 7) is 3.94. The molecule has 0 radical (unpaired) electrons. The van der Waals surface area contributed by atoms with Gasteiger partial charge in [0.05, 0.1) is 6.61 Å². The Balaban J connectivity index is 3.56. The highest BCUT2D eigenvalue weighted by Crippen LogP contribution is 1.94. The Labute approximate surface area is 65.8 Å². The fourth-order valence-electron chi connectivity index (χ4n) is 0.402. The van der Waals surface area contributed by atoms with E-state index in [1.807, 2.05) is 0 Å². The molecule has 58 valence electrons. The average molecular weight is 163 g/mol. The van der Waals surface area contributed by atoms with Crippen LogP contribution in [-0.4, -0.2) is 18.0 Å². The predicted molar refractivity (Wildman–Crippen MR) is 41.1 cm³/mol. The zero-order valence-corrected chi connectivity index (χ0v) is 6.89. The van der Waals surface area contributed by atoms with E-state index < -0.39 is 0 Å². The lowest BCUT2D eigenvalue weighted by Crippen LogP contribution is -1.99. The number of alkyl halides is 1. The molecule has 0 bridgehead atoms. The number of halogens is 1. The van der Waals surface area contributed by atoms with E-state index in [0.717, 1.165) is 0 Å². The highest BCUT2D eigenvalue weighted by Gasteiger charge is 1.93. The third kappa shape index (κ3) is 5.63. The van der Waals surface area contributed by atoms with E-state index in [0.29, 0.717) is 6.61 Å². The Hall–Kier alpha value is -0.500. The Morgan fingerprint density at radius 3 is 2.80 bits per heavy atom. The normalized spacial score (nSPS) is 13.5. The van der Waals surface area contributed by atoms with Crippen LogP contribution in [0.1, 0.15) is 13.8 Å². The minimum absolute atomic E-state index is 0.121. The quantitative estimate of drug-likeness (QED) is 0.359. The van der Waals surface area contributed by atoms with Crippen LogP contribution in [0.2, 0.25) is 0 Å². The summed E-state index contributed by atoms with van der Waals surface area (Å²) < 4.78 is 4.61. The minimum Gasteiger partial charge on any atom is -0.463 e. The molecule has 0 saturated carbocycles. The third-order valence-corrected chi connectivity index (χ3v) is 0.930. The average Bonchev–Trinajstić information content (AvgIpc) is 1.85. The summed E-state index contributed by atoms with van der Waals surface area (Å²) in [5.74, 6) is -0.338. The van der Waals surface area contributed by atoms with Crippen molar-refractivity contribution < 1.29 is 9.53 Å². The molecule has 10 heavy (non-hydrogen) atoms. The van der Waals surface area contributed by atoms with Crippen LogP contribution in [0, 0.1) is 0 Å². The second-order valence-corrected chi connectivity index (χ2v) is 2.48. The van der Waals surface area contributed by atoms with Crippen molar-refractivity contribution in [2.24, 2.45) is 0 Å². The summed E-state index contributed by atoms with van der Waals surface area (Å²) in [5, 5.41) is -0.121. The zero-order valence-electron chi connectivity index (χ0n) is 6.13. The topological polar surface area (TPSA) is 26.3 Å². The number of allylic oxidation sites excluding steroid dienone is 1. The van der Waals surface area contributed by atoms with E-state index >= 15 is 0 Å². The van der Waals surface area contributed by atoms with Gasteiger partial charge in [-0.25, -0.2) is 4.79 Å². The number of carbonyl (C=O) groups is 1. The van der Waals surface area contributed by atoms with Gasteiger partial charge in [0.15, 0.2) is 0 Å². The molecule has 0 N–H and O–H groups in total. The maximum Gasteiger partial charge on any atom is 0.330 e. The van der Waals surface area contributed by atoms with Crippen LogP contribution in [0.15, 0.2) is 12.2 Å². The van der Waals surface area contributed by atoms with Gasteiger partial charge in [0, 0.05) is 11.5 Å². The second-order valence-electron chi connectivity index (χ2n) is 1.79. The van der Waals surface area contributed by atoms with Crippen LogP contribution >= 0.6 is 11.6 Å². The molecule has 0 aromatic heterocycles. The van der Waals surface area contributed by atoms with Crippen molar-refractivity contribution in [3.63, 3.8) is 0 Å². The van der Waals surface area contributed by atoms with E-state index in [9.17, 15) is 4.79 Å². The maximum absolute atomic E-state index is 10.6. The molecule has 0 aromatic rings. The van der Waals surface area contributed by atoms with E-state index in [1.54, 1.807) is 19.9 Å². The van der Waals surface area contributed by atoms with Gasteiger partial charge in [0.2, 0.25) is 0 Å².